The number of nitrogens with zero attached hydrogens (tertiary/aromatic N) is 3. The van der Waals surface area contributed by atoms with Crippen molar-refractivity contribution in [2.45, 2.75) is 39.2 Å². The maximum absolute atomic E-state index is 13.7. The number of thiocarbonyl (C=S) groups is 1. The first-order valence-electron chi connectivity index (χ1n) is 12.9. The third-order valence-electron chi connectivity index (χ3n) is 6.99. The van der Waals surface area contributed by atoms with Crippen LogP contribution in [0.3, 0.4) is 0 Å². The SMILES string of the molecule is CCOc1ccc(NC(=O)CC2C(=O)N(c3cccc(OC)c3)C(=S)N2CCN2CCC(C)CC2)cc1. The zero-order valence-electron chi connectivity index (χ0n) is 21.8. The molecule has 2 heterocycles. The summed E-state index contributed by atoms with van der Waals surface area (Å²) in [5.74, 6) is 1.68. The van der Waals surface area contributed by atoms with Crippen molar-refractivity contribution in [3.05, 3.63) is 48.5 Å². The molecule has 0 bridgehead atoms. The van der Waals surface area contributed by atoms with Crippen molar-refractivity contribution in [1.29, 1.82) is 0 Å². The fourth-order valence-corrected chi connectivity index (χ4v) is 5.21. The van der Waals surface area contributed by atoms with Gasteiger partial charge in [0.2, 0.25) is 5.91 Å². The fraction of sp³-hybridized carbons (Fsp3) is 0.464. The third-order valence-corrected chi connectivity index (χ3v) is 7.41. The van der Waals surface area contributed by atoms with E-state index < -0.39 is 6.04 Å². The van der Waals surface area contributed by atoms with Crippen LogP contribution in [0.4, 0.5) is 11.4 Å². The van der Waals surface area contributed by atoms with Gasteiger partial charge in [0.15, 0.2) is 5.11 Å². The second-order valence-corrected chi connectivity index (χ2v) is 9.97. The molecule has 1 N–H and O–H groups in total. The Morgan fingerprint density at radius 2 is 1.81 bits per heavy atom. The molecule has 2 fully saturated rings. The minimum absolute atomic E-state index is 0.00366. The number of anilines is 2. The van der Waals surface area contributed by atoms with Crippen molar-refractivity contribution in [1.82, 2.24) is 9.80 Å². The molecule has 0 aromatic heterocycles. The van der Waals surface area contributed by atoms with E-state index in [0.717, 1.165) is 31.3 Å². The minimum atomic E-state index is -0.676. The highest BCUT2D eigenvalue weighted by molar-refractivity contribution is 7.80. The van der Waals surface area contributed by atoms with Crippen molar-refractivity contribution >= 4 is 40.5 Å². The van der Waals surface area contributed by atoms with Crippen LogP contribution < -0.4 is 19.7 Å². The molecule has 0 radical (unpaired) electrons. The maximum Gasteiger partial charge on any atom is 0.256 e. The Labute approximate surface area is 224 Å². The molecule has 2 aliphatic rings. The van der Waals surface area contributed by atoms with Crippen LogP contribution in [0, 0.1) is 5.92 Å². The number of ether oxygens (including phenoxy) is 2. The minimum Gasteiger partial charge on any atom is -0.497 e. The summed E-state index contributed by atoms with van der Waals surface area (Å²) in [6.07, 6.45) is 2.35. The van der Waals surface area contributed by atoms with Gasteiger partial charge in [-0.25, -0.2) is 0 Å². The Morgan fingerprint density at radius 3 is 2.49 bits per heavy atom. The first-order chi connectivity index (χ1) is 17.9. The number of rotatable bonds is 10. The van der Waals surface area contributed by atoms with E-state index >= 15 is 0 Å². The highest BCUT2D eigenvalue weighted by Gasteiger charge is 2.44. The summed E-state index contributed by atoms with van der Waals surface area (Å²) in [5, 5.41) is 3.33. The summed E-state index contributed by atoms with van der Waals surface area (Å²) >= 11 is 5.81. The molecule has 9 heteroatoms. The third kappa shape index (κ3) is 6.59. The smallest absolute Gasteiger partial charge is 0.256 e. The van der Waals surface area contributed by atoms with Crippen molar-refractivity contribution < 1.29 is 19.1 Å². The van der Waals surface area contributed by atoms with Gasteiger partial charge < -0.3 is 24.6 Å². The Hall–Kier alpha value is -3.17. The number of nitrogens with one attached hydrogen (secondary N) is 1. The second kappa shape index (κ2) is 12.4. The van der Waals surface area contributed by atoms with Crippen LogP contribution in [-0.4, -0.2) is 72.7 Å². The summed E-state index contributed by atoms with van der Waals surface area (Å²) in [4.78, 5) is 32.6. The number of benzene rings is 2. The maximum atomic E-state index is 13.7. The number of carbonyl (C=O) groups excluding carboxylic acids is 2. The van der Waals surface area contributed by atoms with E-state index in [9.17, 15) is 9.59 Å². The molecular formula is C28H36N4O4S. The number of carbonyl (C=O) groups is 2. The van der Waals surface area contributed by atoms with Crippen LogP contribution in [0.15, 0.2) is 48.5 Å². The number of hydrogen-bond donors (Lipinski definition) is 1. The number of piperidine rings is 1. The monoisotopic (exact) mass is 524 g/mol. The van der Waals surface area contributed by atoms with E-state index in [-0.39, 0.29) is 18.2 Å². The van der Waals surface area contributed by atoms with Crippen LogP contribution in [0.1, 0.15) is 33.1 Å². The van der Waals surface area contributed by atoms with Crippen LogP contribution >= 0.6 is 12.2 Å². The predicted molar refractivity (Wildman–Crippen MR) is 149 cm³/mol. The Bertz CT molecular complexity index is 1100. The van der Waals surface area contributed by atoms with Crippen molar-refractivity contribution in [3.8, 4) is 11.5 Å². The van der Waals surface area contributed by atoms with E-state index in [2.05, 4.69) is 17.1 Å². The van der Waals surface area contributed by atoms with E-state index in [1.165, 1.54) is 17.7 Å². The molecule has 1 atom stereocenters. The summed E-state index contributed by atoms with van der Waals surface area (Å²) < 4.78 is 10.8. The van der Waals surface area contributed by atoms with E-state index in [0.29, 0.717) is 35.4 Å². The van der Waals surface area contributed by atoms with Crippen LogP contribution in [0.2, 0.25) is 0 Å². The fourth-order valence-electron chi connectivity index (χ4n) is 4.80. The highest BCUT2D eigenvalue weighted by Crippen LogP contribution is 2.30. The Kier molecular flexibility index (Phi) is 9.00. The second-order valence-electron chi connectivity index (χ2n) is 9.60. The van der Waals surface area contributed by atoms with Gasteiger partial charge in [-0.05, 0) is 87.4 Å². The van der Waals surface area contributed by atoms with Crippen LogP contribution in [-0.2, 0) is 9.59 Å². The van der Waals surface area contributed by atoms with Crippen molar-refractivity contribution in [3.63, 3.8) is 0 Å². The quantitative estimate of drug-likeness (QED) is 0.468. The average molecular weight is 525 g/mol. The lowest BCUT2D eigenvalue weighted by atomic mass is 9.99. The predicted octanol–water partition coefficient (Wildman–Crippen LogP) is 4.16. The lowest BCUT2D eigenvalue weighted by Gasteiger charge is -2.32. The van der Waals surface area contributed by atoms with Gasteiger partial charge >= 0.3 is 0 Å². The van der Waals surface area contributed by atoms with Gasteiger partial charge in [0.05, 0.1) is 25.8 Å². The molecule has 1 unspecified atom stereocenters. The van der Waals surface area contributed by atoms with Gasteiger partial charge in [-0.3, -0.25) is 14.5 Å². The Morgan fingerprint density at radius 1 is 1.08 bits per heavy atom. The normalized spacial score (nSPS) is 18.8. The number of likely N-dealkylation sites (tertiary alicyclic amines) is 1. The van der Waals surface area contributed by atoms with E-state index in [1.54, 1.807) is 25.3 Å². The molecule has 0 spiro atoms. The van der Waals surface area contributed by atoms with Gasteiger partial charge in [0.1, 0.15) is 17.5 Å². The summed E-state index contributed by atoms with van der Waals surface area (Å²) in [6, 6.07) is 13.8. The molecule has 2 amide bonds. The summed E-state index contributed by atoms with van der Waals surface area (Å²) in [7, 11) is 1.59. The molecule has 2 aromatic rings. The summed E-state index contributed by atoms with van der Waals surface area (Å²) in [6.45, 7) is 8.24. The molecular weight excluding hydrogens is 488 g/mol. The van der Waals surface area contributed by atoms with Gasteiger partial charge in [-0.1, -0.05) is 13.0 Å². The lowest BCUT2D eigenvalue weighted by Crippen LogP contribution is -2.44. The zero-order valence-corrected chi connectivity index (χ0v) is 22.6. The van der Waals surface area contributed by atoms with Gasteiger partial charge in [0.25, 0.3) is 5.91 Å². The summed E-state index contributed by atoms with van der Waals surface area (Å²) in [5.41, 5.74) is 1.29. The van der Waals surface area contributed by atoms with Gasteiger partial charge in [-0.2, -0.15) is 0 Å². The van der Waals surface area contributed by atoms with Crippen LogP contribution in [0.5, 0.6) is 11.5 Å². The zero-order chi connectivity index (χ0) is 26.4. The molecule has 2 aliphatic heterocycles. The van der Waals surface area contributed by atoms with Crippen molar-refractivity contribution in [2.24, 2.45) is 5.92 Å². The van der Waals surface area contributed by atoms with E-state index in [4.69, 9.17) is 21.7 Å². The first-order valence-corrected chi connectivity index (χ1v) is 13.3. The molecule has 4 rings (SSSR count). The lowest BCUT2D eigenvalue weighted by molar-refractivity contribution is -0.124. The molecule has 2 saturated heterocycles. The molecule has 37 heavy (non-hydrogen) atoms. The van der Waals surface area contributed by atoms with E-state index in [1.807, 2.05) is 42.2 Å². The molecule has 0 aliphatic carbocycles. The molecule has 2 aromatic carbocycles. The average Bonchev–Trinajstić information content (AvgIpc) is 3.13. The van der Waals surface area contributed by atoms with Crippen molar-refractivity contribution in [2.75, 3.05) is 50.1 Å². The molecule has 0 saturated carbocycles. The standard InChI is InChI=1S/C28H36N4O4S/c1-4-36-23-10-8-21(9-11-23)29-26(33)19-25-27(34)32(22-6-5-7-24(18-22)35-3)28(37)31(25)17-16-30-14-12-20(2)13-15-30/h5-11,18,20,25H,4,12-17,19H2,1-3H3,(H,29,33). The number of amides is 2. The largest absolute Gasteiger partial charge is 0.497 e. The topological polar surface area (TPSA) is 74.3 Å². The highest BCUT2D eigenvalue weighted by atomic mass is 32.1. The van der Waals surface area contributed by atoms with Gasteiger partial charge in [0, 0.05) is 24.8 Å². The molecule has 8 nitrogen and oxygen atoms in total. The number of methoxy groups -OCH3 is 1. The number of hydrogen-bond acceptors (Lipinski definition) is 6. The van der Waals surface area contributed by atoms with Gasteiger partial charge in [-0.15, -0.1) is 0 Å². The Balaban J connectivity index is 1.49. The van der Waals surface area contributed by atoms with Crippen LogP contribution in [0.25, 0.3) is 0 Å². The first kappa shape index (κ1) is 26.9. The molecule has 198 valence electrons.